The lowest BCUT2D eigenvalue weighted by atomic mass is 9.86. The number of hydrogen-bond acceptors (Lipinski definition) is 3. The smallest absolute Gasteiger partial charge is 0.253 e. The number of nitrogens with zero attached hydrogens (tertiary/aromatic N) is 2. The minimum atomic E-state index is -0.397. The summed E-state index contributed by atoms with van der Waals surface area (Å²) in [4.78, 5) is 15.2. The molecule has 1 fully saturated rings. The summed E-state index contributed by atoms with van der Waals surface area (Å²) in [5.74, 6) is 1.82. The van der Waals surface area contributed by atoms with Gasteiger partial charge in [0.05, 0.1) is 17.5 Å². The molecule has 5 rings (SSSR count). The second-order valence-electron chi connectivity index (χ2n) is 9.22. The lowest BCUT2D eigenvalue weighted by molar-refractivity contribution is -0.00937. The number of fused-ring (bicyclic) bond motifs is 4. The van der Waals surface area contributed by atoms with E-state index in [0.717, 1.165) is 35.6 Å². The second kappa shape index (κ2) is 7.73. The number of piperidine rings is 1. The highest BCUT2D eigenvalue weighted by molar-refractivity contribution is 5.94. The van der Waals surface area contributed by atoms with Crippen LogP contribution >= 0.6 is 0 Å². The largest absolute Gasteiger partial charge is 0.491 e. The van der Waals surface area contributed by atoms with Crippen molar-refractivity contribution in [3.8, 4) is 17.2 Å². The summed E-state index contributed by atoms with van der Waals surface area (Å²) in [6, 6.07) is 16.2. The molecule has 5 nitrogen and oxygen atoms in total. The molecule has 1 saturated heterocycles. The van der Waals surface area contributed by atoms with E-state index in [0.29, 0.717) is 18.7 Å². The molecule has 2 aromatic carbocycles. The van der Waals surface area contributed by atoms with Crippen molar-refractivity contribution in [1.29, 1.82) is 0 Å². The van der Waals surface area contributed by atoms with E-state index in [4.69, 9.17) is 9.47 Å². The van der Waals surface area contributed by atoms with Gasteiger partial charge in [-0.1, -0.05) is 12.1 Å². The summed E-state index contributed by atoms with van der Waals surface area (Å²) in [7, 11) is 0. The Morgan fingerprint density at radius 2 is 1.81 bits per heavy atom. The summed E-state index contributed by atoms with van der Waals surface area (Å²) in [5, 5.41) is 0. The molecule has 0 N–H and O–H groups in total. The van der Waals surface area contributed by atoms with E-state index in [1.54, 1.807) is 0 Å². The Morgan fingerprint density at radius 1 is 1.03 bits per heavy atom. The number of amides is 1. The normalized spacial score (nSPS) is 16.5. The first-order valence-electron chi connectivity index (χ1n) is 11.4. The van der Waals surface area contributed by atoms with E-state index in [2.05, 4.69) is 35.9 Å². The summed E-state index contributed by atoms with van der Waals surface area (Å²) in [5.41, 5.74) is 4.80. The Balaban J connectivity index is 1.36. The van der Waals surface area contributed by atoms with Gasteiger partial charge < -0.3 is 18.9 Å². The van der Waals surface area contributed by atoms with Crippen molar-refractivity contribution in [3.63, 3.8) is 0 Å². The molecule has 32 heavy (non-hydrogen) atoms. The monoisotopic (exact) mass is 430 g/mol. The maximum atomic E-state index is 13.2. The molecule has 2 aliphatic heterocycles. The highest BCUT2D eigenvalue weighted by Gasteiger charge is 2.44. The van der Waals surface area contributed by atoms with Crippen molar-refractivity contribution in [2.45, 2.75) is 52.2 Å². The van der Waals surface area contributed by atoms with E-state index >= 15 is 0 Å². The highest BCUT2D eigenvalue weighted by Crippen LogP contribution is 2.46. The molecule has 0 radical (unpaired) electrons. The van der Waals surface area contributed by atoms with Gasteiger partial charge in [0, 0.05) is 37.7 Å². The van der Waals surface area contributed by atoms with Gasteiger partial charge in [0.1, 0.15) is 11.5 Å². The van der Waals surface area contributed by atoms with Crippen LogP contribution in [-0.2, 0) is 5.60 Å². The molecule has 166 valence electrons. The zero-order valence-corrected chi connectivity index (χ0v) is 19.2. The van der Waals surface area contributed by atoms with Crippen molar-refractivity contribution in [1.82, 2.24) is 9.47 Å². The second-order valence-corrected chi connectivity index (χ2v) is 9.22. The fourth-order valence-corrected chi connectivity index (χ4v) is 5.01. The number of aromatic nitrogens is 1. The van der Waals surface area contributed by atoms with Crippen molar-refractivity contribution in [2.75, 3.05) is 13.1 Å². The standard InChI is InChI=1S/C27H30N2O3/c1-18(2)31-22-11-10-21(17-20(22)4)26(30)28-15-12-27(13-16-28)24-9-6-14-29(24)25-19(3)7-5-8-23(25)32-27/h5-11,14,17-18H,12-13,15-16H2,1-4H3. The average molecular weight is 431 g/mol. The first kappa shape index (κ1) is 20.7. The Hall–Kier alpha value is -3.21. The zero-order chi connectivity index (χ0) is 22.5. The van der Waals surface area contributed by atoms with E-state index in [1.807, 2.05) is 56.0 Å². The van der Waals surface area contributed by atoms with Crippen LogP contribution in [0.5, 0.6) is 11.5 Å². The predicted molar refractivity (Wildman–Crippen MR) is 125 cm³/mol. The molecule has 1 aromatic heterocycles. The first-order valence-corrected chi connectivity index (χ1v) is 11.4. The number of hydrogen-bond donors (Lipinski definition) is 0. The van der Waals surface area contributed by atoms with E-state index in [-0.39, 0.29) is 12.0 Å². The number of benzene rings is 2. The summed E-state index contributed by atoms with van der Waals surface area (Å²) in [6.45, 7) is 9.44. The van der Waals surface area contributed by atoms with Gasteiger partial charge in [0.15, 0.2) is 5.60 Å². The van der Waals surface area contributed by atoms with Crippen molar-refractivity contribution in [2.24, 2.45) is 0 Å². The number of likely N-dealkylation sites (tertiary alicyclic amines) is 1. The van der Waals surface area contributed by atoms with Crippen LogP contribution in [0.25, 0.3) is 5.69 Å². The van der Waals surface area contributed by atoms with Crippen LogP contribution in [0.1, 0.15) is 53.9 Å². The molecule has 0 atom stereocenters. The Morgan fingerprint density at radius 3 is 2.53 bits per heavy atom. The average Bonchev–Trinajstić information content (AvgIpc) is 3.26. The van der Waals surface area contributed by atoms with Gasteiger partial charge in [0.25, 0.3) is 5.91 Å². The fraction of sp³-hybridized carbons (Fsp3) is 0.370. The molecule has 3 heterocycles. The number of aryl methyl sites for hydroxylation is 2. The number of rotatable bonds is 3. The van der Waals surface area contributed by atoms with E-state index in [1.165, 1.54) is 11.3 Å². The van der Waals surface area contributed by atoms with Crippen LogP contribution in [0.3, 0.4) is 0 Å². The van der Waals surface area contributed by atoms with Crippen LogP contribution < -0.4 is 9.47 Å². The van der Waals surface area contributed by atoms with Crippen molar-refractivity contribution >= 4 is 5.91 Å². The number of carbonyl (C=O) groups is 1. The van der Waals surface area contributed by atoms with Gasteiger partial charge in [-0.2, -0.15) is 0 Å². The molecular weight excluding hydrogens is 400 g/mol. The molecular formula is C27H30N2O3. The molecule has 1 amide bonds. The SMILES string of the molecule is Cc1cc(C(=O)N2CCC3(CC2)Oc2cccc(C)c2-n2cccc23)ccc1OC(C)C. The summed E-state index contributed by atoms with van der Waals surface area (Å²) < 4.78 is 14.7. The van der Waals surface area contributed by atoms with Gasteiger partial charge in [0.2, 0.25) is 0 Å². The third kappa shape index (κ3) is 3.36. The maximum Gasteiger partial charge on any atom is 0.253 e. The molecule has 2 aliphatic rings. The molecule has 3 aromatic rings. The van der Waals surface area contributed by atoms with Gasteiger partial charge in [-0.3, -0.25) is 4.79 Å². The maximum absolute atomic E-state index is 13.2. The van der Waals surface area contributed by atoms with Crippen LogP contribution in [0, 0.1) is 13.8 Å². The van der Waals surface area contributed by atoms with Gasteiger partial charge in [-0.05, 0) is 75.2 Å². The molecule has 0 aliphatic carbocycles. The molecule has 0 unspecified atom stereocenters. The van der Waals surface area contributed by atoms with Crippen molar-refractivity contribution in [3.05, 3.63) is 77.1 Å². The number of carbonyl (C=O) groups excluding carboxylic acids is 1. The minimum absolute atomic E-state index is 0.0708. The minimum Gasteiger partial charge on any atom is -0.491 e. The molecule has 5 heteroatoms. The molecule has 0 bridgehead atoms. The van der Waals surface area contributed by atoms with Crippen LogP contribution in [0.2, 0.25) is 0 Å². The van der Waals surface area contributed by atoms with Gasteiger partial charge >= 0.3 is 0 Å². The number of para-hydroxylation sites is 1. The fourth-order valence-electron chi connectivity index (χ4n) is 5.01. The lowest BCUT2D eigenvalue weighted by Crippen LogP contribution is -2.50. The zero-order valence-electron chi connectivity index (χ0n) is 19.2. The summed E-state index contributed by atoms with van der Waals surface area (Å²) >= 11 is 0. The van der Waals surface area contributed by atoms with Crippen LogP contribution in [0.15, 0.2) is 54.7 Å². The van der Waals surface area contributed by atoms with E-state index in [9.17, 15) is 4.79 Å². The van der Waals surface area contributed by atoms with Crippen LogP contribution in [0.4, 0.5) is 0 Å². The third-order valence-electron chi connectivity index (χ3n) is 6.61. The highest BCUT2D eigenvalue weighted by atomic mass is 16.5. The van der Waals surface area contributed by atoms with E-state index < -0.39 is 5.60 Å². The first-order chi connectivity index (χ1) is 15.4. The molecule has 1 spiro atoms. The van der Waals surface area contributed by atoms with Crippen LogP contribution in [-0.4, -0.2) is 34.6 Å². The van der Waals surface area contributed by atoms with Gasteiger partial charge in [-0.25, -0.2) is 0 Å². The summed E-state index contributed by atoms with van der Waals surface area (Å²) in [6.07, 6.45) is 3.76. The molecule has 0 saturated carbocycles. The topological polar surface area (TPSA) is 43.7 Å². The quantitative estimate of drug-likeness (QED) is 0.558. The predicted octanol–water partition coefficient (Wildman–Crippen LogP) is 5.41. The Bertz CT molecular complexity index is 1170. The third-order valence-corrected chi connectivity index (χ3v) is 6.61. The number of ether oxygens (including phenoxy) is 2. The Labute approximate surface area is 189 Å². The van der Waals surface area contributed by atoms with Gasteiger partial charge in [-0.15, -0.1) is 0 Å². The van der Waals surface area contributed by atoms with Crippen molar-refractivity contribution < 1.29 is 14.3 Å². The Kier molecular flexibility index (Phi) is 5.00. The lowest BCUT2D eigenvalue weighted by Gasteiger charge is -2.45.